The zero-order chi connectivity index (χ0) is 25.2. The molecular formula is C26H25F2N7O. The molecule has 5 rings (SSSR count). The second-order valence-corrected chi connectivity index (χ2v) is 8.59. The number of hydrogen-bond acceptors (Lipinski definition) is 6. The Bertz CT molecular complexity index is 1440. The molecule has 4 aromatic rings. The van der Waals surface area contributed by atoms with Crippen LogP contribution in [0.2, 0.25) is 0 Å². The highest BCUT2D eigenvalue weighted by atomic mass is 19.2. The van der Waals surface area contributed by atoms with E-state index in [1.165, 1.54) is 12.1 Å². The van der Waals surface area contributed by atoms with E-state index in [0.29, 0.717) is 24.3 Å². The van der Waals surface area contributed by atoms with E-state index >= 15 is 0 Å². The number of piperazine rings is 1. The standard InChI is InChI=1S/C26H25F2N7O/c1-3-23(36)30-18-6-4-5-17(15-18)21-9-7-19-16-29-26(32-35(19)21)31-20-8-10-22(25(28)24(20)27)34-13-11-33(2)12-14-34/h3-10,15-16H,1,11-14H2,2H3,(H,30,36)(H,31,32). The first-order valence-corrected chi connectivity index (χ1v) is 11.5. The largest absolute Gasteiger partial charge is 0.367 e. The molecule has 1 amide bonds. The summed E-state index contributed by atoms with van der Waals surface area (Å²) in [6.07, 6.45) is 2.79. The summed E-state index contributed by atoms with van der Waals surface area (Å²) in [6.45, 7) is 6.31. The van der Waals surface area contributed by atoms with Gasteiger partial charge < -0.3 is 20.4 Å². The first-order valence-electron chi connectivity index (χ1n) is 11.5. The number of fused-ring (bicyclic) bond motifs is 1. The van der Waals surface area contributed by atoms with Crippen molar-refractivity contribution in [2.24, 2.45) is 0 Å². The summed E-state index contributed by atoms with van der Waals surface area (Å²) >= 11 is 0. The second-order valence-electron chi connectivity index (χ2n) is 8.59. The van der Waals surface area contributed by atoms with Crippen LogP contribution in [0.15, 0.2) is 67.4 Å². The van der Waals surface area contributed by atoms with Crippen molar-refractivity contribution in [2.45, 2.75) is 0 Å². The van der Waals surface area contributed by atoms with Gasteiger partial charge in [0, 0.05) is 37.4 Å². The number of hydrogen-bond donors (Lipinski definition) is 2. The number of likely N-dealkylation sites (N-methyl/N-ethyl adjacent to an activating group) is 1. The summed E-state index contributed by atoms with van der Waals surface area (Å²) in [6, 6.07) is 14.1. The van der Waals surface area contributed by atoms with Crippen molar-refractivity contribution in [1.29, 1.82) is 0 Å². The Morgan fingerprint density at radius 1 is 1.06 bits per heavy atom. The van der Waals surface area contributed by atoms with Gasteiger partial charge in [0.2, 0.25) is 11.9 Å². The summed E-state index contributed by atoms with van der Waals surface area (Å²) in [5.74, 6) is -2.07. The molecule has 184 valence electrons. The lowest BCUT2D eigenvalue weighted by Crippen LogP contribution is -2.44. The van der Waals surface area contributed by atoms with Crippen LogP contribution in [-0.4, -0.2) is 58.6 Å². The van der Waals surface area contributed by atoms with Gasteiger partial charge in [-0.05, 0) is 49.5 Å². The molecule has 0 aliphatic carbocycles. The average Bonchev–Trinajstić information content (AvgIpc) is 3.31. The predicted octanol–water partition coefficient (Wildman–Crippen LogP) is 4.29. The van der Waals surface area contributed by atoms with Crippen molar-refractivity contribution in [3.8, 4) is 11.3 Å². The van der Waals surface area contributed by atoms with E-state index in [4.69, 9.17) is 0 Å². The third-order valence-corrected chi connectivity index (χ3v) is 6.16. The van der Waals surface area contributed by atoms with Crippen molar-refractivity contribution in [2.75, 3.05) is 48.8 Å². The van der Waals surface area contributed by atoms with Crippen LogP contribution in [0.1, 0.15) is 0 Å². The molecule has 1 fully saturated rings. The molecule has 0 bridgehead atoms. The fraction of sp³-hybridized carbons (Fsp3) is 0.192. The SMILES string of the molecule is C=CC(=O)Nc1cccc(-c2ccc3cnc(Nc4ccc(N5CCN(C)CC5)c(F)c4F)nn23)c1. The van der Waals surface area contributed by atoms with Crippen LogP contribution in [-0.2, 0) is 4.79 Å². The van der Waals surface area contributed by atoms with Crippen LogP contribution in [0.3, 0.4) is 0 Å². The quantitative estimate of drug-likeness (QED) is 0.394. The summed E-state index contributed by atoms with van der Waals surface area (Å²) in [5, 5.41) is 10.0. The number of anilines is 4. The minimum Gasteiger partial charge on any atom is -0.367 e. The normalized spacial score (nSPS) is 14.1. The molecule has 2 aromatic heterocycles. The molecule has 3 heterocycles. The predicted molar refractivity (Wildman–Crippen MR) is 137 cm³/mol. The molecule has 2 aromatic carbocycles. The van der Waals surface area contributed by atoms with Gasteiger partial charge in [-0.15, -0.1) is 5.10 Å². The van der Waals surface area contributed by atoms with Gasteiger partial charge in [-0.1, -0.05) is 18.7 Å². The van der Waals surface area contributed by atoms with Gasteiger partial charge in [0.25, 0.3) is 0 Å². The highest BCUT2D eigenvalue weighted by molar-refractivity contribution is 5.99. The van der Waals surface area contributed by atoms with Gasteiger partial charge in [-0.3, -0.25) is 4.79 Å². The van der Waals surface area contributed by atoms with Crippen LogP contribution in [0.5, 0.6) is 0 Å². The van der Waals surface area contributed by atoms with E-state index in [-0.39, 0.29) is 23.2 Å². The molecule has 0 saturated carbocycles. The van der Waals surface area contributed by atoms with Gasteiger partial charge in [0.1, 0.15) is 0 Å². The van der Waals surface area contributed by atoms with E-state index in [0.717, 1.165) is 24.3 Å². The lowest BCUT2D eigenvalue weighted by atomic mass is 10.1. The minimum atomic E-state index is -0.978. The summed E-state index contributed by atoms with van der Waals surface area (Å²) in [7, 11) is 2.01. The fourth-order valence-corrected chi connectivity index (χ4v) is 4.17. The molecule has 1 saturated heterocycles. The van der Waals surface area contributed by atoms with Crippen molar-refractivity contribution >= 4 is 34.4 Å². The topological polar surface area (TPSA) is 77.8 Å². The number of carbonyl (C=O) groups excluding carboxylic acids is 1. The molecule has 0 spiro atoms. The van der Waals surface area contributed by atoms with Crippen LogP contribution in [0.4, 0.5) is 31.8 Å². The monoisotopic (exact) mass is 489 g/mol. The van der Waals surface area contributed by atoms with Gasteiger partial charge >= 0.3 is 0 Å². The number of aromatic nitrogens is 3. The lowest BCUT2D eigenvalue weighted by Gasteiger charge is -2.34. The molecular weight excluding hydrogens is 464 g/mol. The lowest BCUT2D eigenvalue weighted by molar-refractivity contribution is -0.111. The van der Waals surface area contributed by atoms with E-state index in [1.54, 1.807) is 22.8 Å². The molecule has 0 unspecified atom stereocenters. The molecule has 0 atom stereocenters. The maximum atomic E-state index is 15.0. The van der Waals surface area contributed by atoms with Gasteiger partial charge in [-0.25, -0.2) is 18.3 Å². The smallest absolute Gasteiger partial charge is 0.247 e. The molecule has 1 aliphatic rings. The maximum absolute atomic E-state index is 15.0. The van der Waals surface area contributed by atoms with Crippen LogP contribution < -0.4 is 15.5 Å². The molecule has 1 aliphatic heterocycles. The van der Waals surface area contributed by atoms with Crippen molar-refractivity contribution in [3.63, 3.8) is 0 Å². The highest BCUT2D eigenvalue weighted by Crippen LogP contribution is 2.30. The van der Waals surface area contributed by atoms with Crippen molar-refractivity contribution in [3.05, 3.63) is 79.0 Å². The Morgan fingerprint density at radius 2 is 1.86 bits per heavy atom. The number of amides is 1. The number of benzene rings is 2. The van der Waals surface area contributed by atoms with E-state index in [2.05, 4.69) is 32.2 Å². The van der Waals surface area contributed by atoms with Gasteiger partial charge in [-0.2, -0.15) is 0 Å². The maximum Gasteiger partial charge on any atom is 0.247 e. The zero-order valence-corrected chi connectivity index (χ0v) is 19.7. The number of nitrogens with one attached hydrogen (secondary N) is 2. The minimum absolute atomic E-state index is 0.0485. The average molecular weight is 490 g/mol. The third kappa shape index (κ3) is 4.63. The highest BCUT2D eigenvalue weighted by Gasteiger charge is 2.22. The Balaban J connectivity index is 1.42. The molecule has 2 N–H and O–H groups in total. The van der Waals surface area contributed by atoms with E-state index in [1.807, 2.05) is 42.3 Å². The summed E-state index contributed by atoms with van der Waals surface area (Å²) in [4.78, 5) is 19.9. The van der Waals surface area contributed by atoms with Gasteiger partial charge in [0.15, 0.2) is 11.6 Å². The summed E-state index contributed by atoms with van der Waals surface area (Å²) in [5.41, 5.74) is 3.06. The van der Waals surface area contributed by atoms with Crippen molar-refractivity contribution < 1.29 is 13.6 Å². The number of rotatable bonds is 6. The third-order valence-electron chi connectivity index (χ3n) is 6.16. The zero-order valence-electron chi connectivity index (χ0n) is 19.7. The van der Waals surface area contributed by atoms with Crippen LogP contribution in [0, 0.1) is 11.6 Å². The number of nitrogens with zero attached hydrogens (tertiary/aromatic N) is 5. The summed E-state index contributed by atoms with van der Waals surface area (Å²) < 4.78 is 31.6. The first kappa shape index (κ1) is 23.4. The molecule has 8 nitrogen and oxygen atoms in total. The molecule has 36 heavy (non-hydrogen) atoms. The van der Waals surface area contributed by atoms with Crippen LogP contribution >= 0.6 is 0 Å². The number of carbonyl (C=O) groups is 1. The second kappa shape index (κ2) is 9.74. The van der Waals surface area contributed by atoms with Crippen LogP contribution in [0.25, 0.3) is 16.8 Å². The number of halogens is 2. The Labute approximate surface area is 206 Å². The molecule has 10 heteroatoms. The Morgan fingerprint density at radius 3 is 2.64 bits per heavy atom. The Kier molecular flexibility index (Phi) is 6.34. The van der Waals surface area contributed by atoms with Gasteiger partial charge in [0.05, 0.1) is 28.8 Å². The fourth-order valence-electron chi connectivity index (χ4n) is 4.17. The molecule has 0 radical (unpaired) electrons. The first-order chi connectivity index (χ1) is 17.4. The van der Waals surface area contributed by atoms with Crippen molar-refractivity contribution in [1.82, 2.24) is 19.5 Å². The van der Waals surface area contributed by atoms with E-state index < -0.39 is 11.6 Å². The Hall–Kier alpha value is -4.31. The van der Waals surface area contributed by atoms with E-state index in [9.17, 15) is 13.6 Å².